The van der Waals surface area contributed by atoms with Crippen LogP contribution in [-0.2, 0) is 0 Å². The second-order valence-corrected chi connectivity index (χ2v) is 4.59. The van der Waals surface area contributed by atoms with E-state index in [4.69, 9.17) is 5.73 Å². The number of urea groups is 1. The summed E-state index contributed by atoms with van der Waals surface area (Å²) in [6, 6.07) is 7.20. The van der Waals surface area contributed by atoms with Gasteiger partial charge in [-0.2, -0.15) is 0 Å². The number of anilines is 1. The lowest BCUT2D eigenvalue weighted by atomic mass is 10.2. The molecule has 0 spiro atoms. The number of benzene rings is 1. The van der Waals surface area contributed by atoms with E-state index in [2.05, 4.69) is 22.9 Å². The van der Waals surface area contributed by atoms with Crippen molar-refractivity contribution in [1.29, 1.82) is 0 Å². The van der Waals surface area contributed by atoms with Crippen LogP contribution >= 0.6 is 15.9 Å². The summed E-state index contributed by atoms with van der Waals surface area (Å²) in [6.07, 6.45) is 3.22. The molecule has 0 aliphatic rings. The highest BCUT2D eigenvalue weighted by atomic mass is 79.9. The first-order chi connectivity index (χ1) is 7.65. The Morgan fingerprint density at radius 3 is 2.44 bits per heavy atom. The molecule has 0 aromatic heterocycles. The smallest absolute Gasteiger partial charge is 0.319 e. The highest BCUT2D eigenvalue weighted by molar-refractivity contribution is 9.10. The van der Waals surface area contributed by atoms with Crippen molar-refractivity contribution in [2.45, 2.75) is 26.2 Å². The number of hydrogen-bond donors (Lipinski definition) is 1. The van der Waals surface area contributed by atoms with E-state index in [-0.39, 0.29) is 0 Å². The zero-order valence-electron chi connectivity index (χ0n) is 9.45. The molecule has 0 saturated heterocycles. The Balaban J connectivity index is 2.69. The molecule has 4 heteroatoms. The van der Waals surface area contributed by atoms with Gasteiger partial charge in [-0.05, 0) is 30.7 Å². The fraction of sp³-hybridized carbons (Fsp3) is 0.417. The minimum Gasteiger partial charge on any atom is -0.351 e. The van der Waals surface area contributed by atoms with Crippen molar-refractivity contribution >= 4 is 27.6 Å². The molecule has 0 heterocycles. The number of halogens is 1. The number of nitrogens with two attached hydrogens (primary N) is 1. The summed E-state index contributed by atoms with van der Waals surface area (Å²) >= 11 is 3.36. The first-order valence-corrected chi connectivity index (χ1v) is 6.27. The maximum atomic E-state index is 11.3. The first-order valence-electron chi connectivity index (χ1n) is 5.47. The average Bonchev–Trinajstić information content (AvgIpc) is 2.26. The number of nitrogens with zero attached hydrogens (tertiary/aromatic N) is 1. The topological polar surface area (TPSA) is 46.3 Å². The molecular weight excluding hydrogens is 268 g/mol. The van der Waals surface area contributed by atoms with Crippen LogP contribution in [0.1, 0.15) is 26.2 Å². The minimum absolute atomic E-state index is 0.390. The molecule has 0 saturated carbocycles. The van der Waals surface area contributed by atoms with Gasteiger partial charge in [0, 0.05) is 16.7 Å². The quantitative estimate of drug-likeness (QED) is 0.826. The fourth-order valence-corrected chi connectivity index (χ4v) is 1.77. The van der Waals surface area contributed by atoms with Crippen LogP contribution in [0.5, 0.6) is 0 Å². The Labute approximate surface area is 105 Å². The summed E-state index contributed by atoms with van der Waals surface area (Å²) in [6.45, 7) is 2.82. The zero-order valence-corrected chi connectivity index (χ0v) is 11.0. The van der Waals surface area contributed by atoms with Crippen LogP contribution < -0.4 is 10.6 Å². The van der Waals surface area contributed by atoms with E-state index in [1.54, 1.807) is 4.90 Å². The van der Waals surface area contributed by atoms with Gasteiger partial charge in [-0.1, -0.05) is 35.7 Å². The molecule has 1 aromatic carbocycles. The molecule has 88 valence electrons. The fourth-order valence-electron chi connectivity index (χ4n) is 1.51. The summed E-state index contributed by atoms with van der Waals surface area (Å²) < 4.78 is 0.995. The monoisotopic (exact) mass is 284 g/mol. The number of rotatable bonds is 5. The number of carbonyl (C=O) groups is 1. The van der Waals surface area contributed by atoms with Crippen molar-refractivity contribution in [1.82, 2.24) is 0 Å². The molecule has 0 fully saturated rings. The van der Waals surface area contributed by atoms with Gasteiger partial charge in [0.2, 0.25) is 0 Å². The molecule has 1 rings (SSSR count). The van der Waals surface area contributed by atoms with Gasteiger partial charge < -0.3 is 5.73 Å². The van der Waals surface area contributed by atoms with Gasteiger partial charge in [0.05, 0.1) is 0 Å². The average molecular weight is 285 g/mol. The zero-order chi connectivity index (χ0) is 12.0. The van der Waals surface area contributed by atoms with Crippen molar-refractivity contribution in [2.75, 3.05) is 11.4 Å². The largest absolute Gasteiger partial charge is 0.351 e. The molecule has 2 N–H and O–H groups in total. The summed E-state index contributed by atoms with van der Waals surface area (Å²) in [7, 11) is 0. The predicted octanol–water partition coefficient (Wildman–Crippen LogP) is 3.52. The summed E-state index contributed by atoms with van der Waals surface area (Å²) in [5, 5.41) is 0. The third-order valence-corrected chi connectivity index (χ3v) is 2.92. The molecule has 0 aliphatic heterocycles. The van der Waals surface area contributed by atoms with Gasteiger partial charge in [0.1, 0.15) is 0 Å². The maximum absolute atomic E-state index is 11.3. The van der Waals surface area contributed by atoms with E-state index in [0.717, 1.165) is 29.4 Å². The highest BCUT2D eigenvalue weighted by Crippen LogP contribution is 2.18. The lowest BCUT2D eigenvalue weighted by Gasteiger charge is -2.20. The SMILES string of the molecule is CCCCCN(C(N)=O)c1ccc(Br)cc1. The predicted molar refractivity (Wildman–Crippen MR) is 70.6 cm³/mol. The standard InChI is InChI=1S/C12H17BrN2O/c1-2-3-4-9-15(12(14)16)11-7-5-10(13)6-8-11/h5-8H,2-4,9H2,1H3,(H2,14,16). The van der Waals surface area contributed by atoms with Crippen molar-refractivity contribution in [3.05, 3.63) is 28.7 Å². The molecule has 0 radical (unpaired) electrons. The van der Waals surface area contributed by atoms with E-state index in [9.17, 15) is 4.79 Å². The van der Waals surface area contributed by atoms with E-state index in [0.29, 0.717) is 6.54 Å². The van der Waals surface area contributed by atoms with Gasteiger partial charge in [-0.15, -0.1) is 0 Å². The van der Waals surface area contributed by atoms with Gasteiger partial charge in [-0.25, -0.2) is 4.79 Å². The molecule has 0 bridgehead atoms. The number of unbranched alkanes of at least 4 members (excludes halogenated alkanes) is 2. The van der Waals surface area contributed by atoms with Crippen molar-refractivity contribution < 1.29 is 4.79 Å². The molecular formula is C12H17BrN2O. The minimum atomic E-state index is -0.390. The van der Waals surface area contributed by atoms with Crippen LogP contribution in [0, 0.1) is 0 Å². The van der Waals surface area contributed by atoms with Crippen LogP contribution in [0.2, 0.25) is 0 Å². The number of amides is 2. The Bertz CT molecular complexity index is 337. The van der Waals surface area contributed by atoms with E-state index >= 15 is 0 Å². The first kappa shape index (κ1) is 13.0. The molecule has 0 atom stereocenters. The third-order valence-electron chi connectivity index (χ3n) is 2.39. The lowest BCUT2D eigenvalue weighted by molar-refractivity contribution is 0.253. The molecule has 16 heavy (non-hydrogen) atoms. The van der Waals surface area contributed by atoms with E-state index < -0.39 is 6.03 Å². The number of hydrogen-bond acceptors (Lipinski definition) is 1. The summed E-state index contributed by atoms with van der Waals surface area (Å²) in [5.41, 5.74) is 6.22. The lowest BCUT2D eigenvalue weighted by Crippen LogP contribution is -2.36. The molecule has 0 unspecified atom stereocenters. The number of primary amides is 1. The molecule has 2 amide bonds. The molecule has 0 aliphatic carbocycles. The van der Waals surface area contributed by atoms with Gasteiger partial charge >= 0.3 is 6.03 Å². The molecule has 3 nitrogen and oxygen atoms in total. The van der Waals surface area contributed by atoms with Crippen LogP contribution in [0.4, 0.5) is 10.5 Å². The van der Waals surface area contributed by atoms with Gasteiger partial charge in [0.15, 0.2) is 0 Å². The summed E-state index contributed by atoms with van der Waals surface area (Å²) in [5.74, 6) is 0. The van der Waals surface area contributed by atoms with Crippen molar-refractivity contribution in [3.63, 3.8) is 0 Å². The van der Waals surface area contributed by atoms with Crippen LogP contribution in [0.3, 0.4) is 0 Å². The Morgan fingerprint density at radius 2 is 1.94 bits per heavy atom. The number of carbonyl (C=O) groups excluding carboxylic acids is 1. The van der Waals surface area contributed by atoms with Crippen LogP contribution in [-0.4, -0.2) is 12.6 Å². The van der Waals surface area contributed by atoms with Crippen molar-refractivity contribution in [3.8, 4) is 0 Å². The summed E-state index contributed by atoms with van der Waals surface area (Å²) in [4.78, 5) is 12.9. The molecule has 1 aromatic rings. The Kier molecular flexibility index (Phi) is 5.32. The van der Waals surface area contributed by atoms with Gasteiger partial charge in [-0.3, -0.25) is 4.90 Å². The highest BCUT2D eigenvalue weighted by Gasteiger charge is 2.11. The second-order valence-electron chi connectivity index (χ2n) is 3.67. The van der Waals surface area contributed by atoms with Crippen molar-refractivity contribution in [2.24, 2.45) is 5.73 Å². The van der Waals surface area contributed by atoms with E-state index in [1.165, 1.54) is 0 Å². The Morgan fingerprint density at radius 1 is 1.31 bits per heavy atom. The maximum Gasteiger partial charge on any atom is 0.319 e. The van der Waals surface area contributed by atoms with Crippen LogP contribution in [0.25, 0.3) is 0 Å². The van der Waals surface area contributed by atoms with E-state index in [1.807, 2.05) is 24.3 Å². The van der Waals surface area contributed by atoms with Crippen LogP contribution in [0.15, 0.2) is 28.7 Å². The third kappa shape index (κ3) is 3.85. The normalized spacial score (nSPS) is 10.1. The second kappa shape index (κ2) is 6.53. The Hall–Kier alpha value is -1.03. The van der Waals surface area contributed by atoms with Gasteiger partial charge in [0.25, 0.3) is 0 Å².